The van der Waals surface area contributed by atoms with Crippen molar-refractivity contribution in [3.05, 3.63) is 46.0 Å². The topological polar surface area (TPSA) is 142 Å². The number of ether oxygens (including phenoxy) is 3. The maximum absolute atomic E-state index is 13.6. The molecule has 2 bridgehead atoms. The lowest BCUT2D eigenvalue weighted by Gasteiger charge is -2.34. The van der Waals surface area contributed by atoms with Gasteiger partial charge < -0.3 is 14.2 Å². The van der Waals surface area contributed by atoms with Crippen molar-refractivity contribution in [2.24, 2.45) is 11.8 Å². The lowest BCUT2D eigenvalue weighted by atomic mass is 9.72. The van der Waals surface area contributed by atoms with E-state index in [4.69, 9.17) is 14.2 Å². The number of benzene rings is 1. The van der Waals surface area contributed by atoms with Crippen LogP contribution in [0.5, 0.6) is 0 Å². The van der Waals surface area contributed by atoms with E-state index >= 15 is 0 Å². The molecule has 168 valence electrons. The molecule has 3 aliphatic heterocycles. The zero-order valence-electron chi connectivity index (χ0n) is 17.7. The van der Waals surface area contributed by atoms with Crippen molar-refractivity contribution in [1.82, 2.24) is 0 Å². The highest BCUT2D eigenvalue weighted by Gasteiger charge is 2.76. The Morgan fingerprint density at radius 1 is 1.12 bits per heavy atom. The van der Waals surface area contributed by atoms with E-state index in [1.807, 2.05) is 0 Å². The Kier molecular flexibility index (Phi) is 4.70. The van der Waals surface area contributed by atoms with E-state index in [0.29, 0.717) is 5.56 Å². The molecule has 0 saturated carbocycles. The van der Waals surface area contributed by atoms with Gasteiger partial charge in [-0.3, -0.25) is 29.3 Å². The maximum atomic E-state index is 13.6. The molecule has 2 saturated heterocycles. The van der Waals surface area contributed by atoms with Gasteiger partial charge in [-0.05, 0) is 25.5 Å². The van der Waals surface area contributed by atoms with Gasteiger partial charge in [-0.25, -0.2) is 4.90 Å². The Morgan fingerprint density at radius 2 is 1.72 bits per heavy atom. The molecular formula is C21H20N2O9. The molecule has 0 aromatic heterocycles. The number of fused-ring (bicyclic) bond motifs is 5. The fraction of sp³-hybridized carbons (Fsp3) is 0.429. The summed E-state index contributed by atoms with van der Waals surface area (Å²) in [4.78, 5) is 61.9. The molecule has 4 atom stereocenters. The molecule has 3 aliphatic rings. The van der Waals surface area contributed by atoms with Crippen molar-refractivity contribution in [2.75, 3.05) is 4.90 Å². The second-order valence-corrected chi connectivity index (χ2v) is 8.22. The van der Waals surface area contributed by atoms with E-state index in [0.717, 1.165) is 24.8 Å². The smallest absolute Gasteiger partial charge is 0.305 e. The summed E-state index contributed by atoms with van der Waals surface area (Å²) in [7, 11) is 0. The van der Waals surface area contributed by atoms with Crippen LogP contribution in [-0.2, 0) is 33.4 Å². The van der Waals surface area contributed by atoms with Crippen molar-refractivity contribution in [3.8, 4) is 0 Å². The third-order valence-electron chi connectivity index (χ3n) is 6.04. The molecule has 3 heterocycles. The number of anilines is 1. The molecule has 0 aliphatic carbocycles. The van der Waals surface area contributed by atoms with E-state index < -0.39 is 58.0 Å². The van der Waals surface area contributed by atoms with Crippen LogP contribution in [0.15, 0.2) is 30.4 Å². The average molecular weight is 444 g/mol. The first-order chi connectivity index (χ1) is 14.9. The van der Waals surface area contributed by atoms with Crippen LogP contribution in [0.2, 0.25) is 0 Å². The van der Waals surface area contributed by atoms with Crippen LogP contribution < -0.4 is 4.90 Å². The highest BCUT2D eigenvalue weighted by molar-refractivity contribution is 6.24. The summed E-state index contributed by atoms with van der Waals surface area (Å²) in [6.45, 7) is 5.44. The number of aryl methyl sites for hydroxylation is 1. The third-order valence-corrected chi connectivity index (χ3v) is 6.04. The summed E-state index contributed by atoms with van der Waals surface area (Å²) >= 11 is 0. The number of amides is 2. The summed E-state index contributed by atoms with van der Waals surface area (Å²) < 4.78 is 16.4. The van der Waals surface area contributed by atoms with Gasteiger partial charge in [0.15, 0.2) is 5.60 Å². The maximum Gasteiger partial charge on any atom is 0.305 e. The molecular weight excluding hydrogens is 424 g/mol. The summed E-state index contributed by atoms with van der Waals surface area (Å²) in [5.74, 6) is -5.03. The van der Waals surface area contributed by atoms with Crippen LogP contribution in [0.1, 0.15) is 26.3 Å². The van der Waals surface area contributed by atoms with Crippen molar-refractivity contribution < 1.29 is 38.3 Å². The normalized spacial score (nSPS) is 30.1. The Hall–Kier alpha value is -3.60. The minimum atomic E-state index is -1.72. The summed E-state index contributed by atoms with van der Waals surface area (Å²) in [5, 5.41) is 11.2. The number of non-ortho nitro benzene ring substituents is 1. The molecule has 4 rings (SSSR count). The highest BCUT2D eigenvalue weighted by atomic mass is 16.7. The largest absolute Gasteiger partial charge is 0.422 e. The monoisotopic (exact) mass is 444 g/mol. The van der Waals surface area contributed by atoms with Crippen LogP contribution in [0, 0.1) is 28.9 Å². The average Bonchev–Trinajstić information content (AvgIpc) is 3.27. The number of carbonyl (C=O) groups excluding carboxylic acids is 4. The Bertz CT molecular complexity index is 1100. The van der Waals surface area contributed by atoms with Gasteiger partial charge in [0.25, 0.3) is 12.0 Å². The fourth-order valence-corrected chi connectivity index (χ4v) is 4.75. The predicted molar refractivity (Wildman–Crippen MR) is 106 cm³/mol. The Morgan fingerprint density at radius 3 is 2.28 bits per heavy atom. The molecule has 2 amide bonds. The molecule has 11 nitrogen and oxygen atoms in total. The van der Waals surface area contributed by atoms with Gasteiger partial charge >= 0.3 is 11.9 Å². The molecule has 1 aromatic carbocycles. The number of nitrogens with zero attached hydrogens (tertiary/aromatic N) is 2. The minimum absolute atomic E-state index is 0.0817. The van der Waals surface area contributed by atoms with Gasteiger partial charge in [0.2, 0.25) is 11.8 Å². The van der Waals surface area contributed by atoms with Crippen molar-refractivity contribution >= 4 is 35.1 Å². The number of imide groups is 1. The number of nitro groups is 1. The number of esters is 2. The lowest BCUT2D eigenvalue weighted by molar-refractivity contribution is -0.384. The number of carbonyl (C=O) groups is 4. The molecule has 4 unspecified atom stereocenters. The highest BCUT2D eigenvalue weighted by Crippen LogP contribution is 2.59. The van der Waals surface area contributed by atoms with Gasteiger partial charge in [0, 0.05) is 26.0 Å². The zero-order valence-corrected chi connectivity index (χ0v) is 17.7. The molecule has 0 N–H and O–H groups in total. The quantitative estimate of drug-likeness (QED) is 0.165. The van der Waals surface area contributed by atoms with Crippen LogP contribution >= 0.6 is 0 Å². The standard InChI is InChI=1S/C21H20N2O9/c1-10-5-6-13(23(28)29)9-14(10)22-17(26)15-16(18(22)27)21(8-7-20(15,4)32-21)19(30-11(2)24)31-12(3)25/h5-9,15-16,19H,1-4H3. The minimum Gasteiger partial charge on any atom is -0.422 e. The first-order valence-corrected chi connectivity index (χ1v) is 9.79. The first-order valence-electron chi connectivity index (χ1n) is 9.79. The molecule has 2 fully saturated rings. The Labute approximate surface area is 182 Å². The van der Waals surface area contributed by atoms with E-state index in [9.17, 15) is 29.3 Å². The first kappa shape index (κ1) is 21.6. The number of rotatable bonds is 5. The number of nitro benzene ring substituents is 1. The van der Waals surface area contributed by atoms with Crippen LogP contribution in [-0.4, -0.2) is 46.2 Å². The van der Waals surface area contributed by atoms with Crippen molar-refractivity contribution in [3.63, 3.8) is 0 Å². The van der Waals surface area contributed by atoms with E-state index in [1.165, 1.54) is 18.2 Å². The molecule has 0 spiro atoms. The summed E-state index contributed by atoms with van der Waals surface area (Å²) in [5.41, 5.74) is -2.67. The van der Waals surface area contributed by atoms with Crippen molar-refractivity contribution in [1.29, 1.82) is 0 Å². The van der Waals surface area contributed by atoms with Crippen molar-refractivity contribution in [2.45, 2.75) is 45.2 Å². The SMILES string of the molecule is CC(=O)OC(OC(C)=O)C12C=CC(C)(O1)C1C(=O)N(c3cc([N+](=O)[O-])ccc3C)C(=O)C12. The van der Waals surface area contributed by atoms with Gasteiger partial charge in [-0.2, -0.15) is 0 Å². The molecule has 0 radical (unpaired) electrons. The predicted octanol–water partition coefficient (Wildman–Crippen LogP) is 1.56. The number of hydrogen-bond donors (Lipinski definition) is 0. The number of hydrogen-bond acceptors (Lipinski definition) is 9. The van der Waals surface area contributed by atoms with Gasteiger partial charge in [0.05, 0.1) is 28.0 Å². The van der Waals surface area contributed by atoms with Crippen LogP contribution in [0.25, 0.3) is 0 Å². The second kappa shape index (κ2) is 6.95. The summed E-state index contributed by atoms with van der Waals surface area (Å²) in [6, 6.07) is 3.88. The van der Waals surface area contributed by atoms with Gasteiger partial charge in [-0.15, -0.1) is 0 Å². The van der Waals surface area contributed by atoms with Gasteiger partial charge in [-0.1, -0.05) is 12.1 Å². The van der Waals surface area contributed by atoms with E-state index in [2.05, 4.69) is 0 Å². The second-order valence-electron chi connectivity index (χ2n) is 8.22. The van der Waals surface area contributed by atoms with E-state index in [-0.39, 0.29) is 11.4 Å². The zero-order chi connectivity index (χ0) is 23.6. The molecule has 1 aromatic rings. The van der Waals surface area contributed by atoms with E-state index in [1.54, 1.807) is 19.9 Å². The summed E-state index contributed by atoms with van der Waals surface area (Å²) in [6.07, 6.45) is 1.44. The Balaban J connectivity index is 1.82. The third kappa shape index (κ3) is 2.92. The lowest BCUT2D eigenvalue weighted by Crippen LogP contribution is -2.52. The molecule has 11 heteroatoms. The molecule has 32 heavy (non-hydrogen) atoms. The fourth-order valence-electron chi connectivity index (χ4n) is 4.75. The van der Waals surface area contributed by atoms with Gasteiger partial charge in [0.1, 0.15) is 0 Å². The van der Waals surface area contributed by atoms with Crippen LogP contribution in [0.4, 0.5) is 11.4 Å². The van der Waals surface area contributed by atoms with Crippen LogP contribution in [0.3, 0.4) is 0 Å².